The molecular formula is C7H14ClNO2. The lowest BCUT2D eigenvalue weighted by molar-refractivity contribution is -0.826. The average Bonchev–Trinajstić information content (AvgIpc) is 2.15. The summed E-state index contributed by atoms with van der Waals surface area (Å²) in [5.74, 6) is 0.272. The fourth-order valence-corrected chi connectivity index (χ4v) is 1.43. The number of halogens is 1. The summed E-state index contributed by atoms with van der Waals surface area (Å²) >= 11 is 0. The predicted molar refractivity (Wildman–Crippen MR) is 37.2 cm³/mol. The molecule has 1 amide bonds. The Kier molecular flexibility index (Phi) is 4.00. The van der Waals surface area contributed by atoms with E-state index in [1.807, 2.05) is 7.05 Å². The van der Waals surface area contributed by atoms with E-state index in [4.69, 9.17) is 5.11 Å². The number of carbonyl (C=O) groups excluding carboxylic acids is 1. The maximum absolute atomic E-state index is 11.1. The quantitative estimate of drug-likeness (QED) is 0.453. The molecule has 4 heteroatoms. The molecule has 1 saturated heterocycles. The summed E-state index contributed by atoms with van der Waals surface area (Å²) in [4.78, 5) is 11.1. The van der Waals surface area contributed by atoms with Crippen LogP contribution in [0.5, 0.6) is 0 Å². The van der Waals surface area contributed by atoms with Gasteiger partial charge in [0.25, 0.3) is 0 Å². The van der Waals surface area contributed by atoms with Gasteiger partial charge in [0.2, 0.25) is 0 Å². The van der Waals surface area contributed by atoms with Gasteiger partial charge in [-0.3, -0.25) is 4.48 Å². The molecule has 1 aliphatic heterocycles. The predicted octanol–water partition coefficient (Wildman–Crippen LogP) is -3.25. The van der Waals surface area contributed by atoms with Crippen molar-refractivity contribution in [2.75, 3.05) is 26.7 Å². The van der Waals surface area contributed by atoms with E-state index in [0.29, 0.717) is 17.4 Å². The third-order valence-electron chi connectivity index (χ3n) is 2.24. The summed E-state index contributed by atoms with van der Waals surface area (Å²) in [5.41, 5.74) is 0. The second-order valence-corrected chi connectivity index (χ2v) is 3.06. The van der Waals surface area contributed by atoms with Gasteiger partial charge in [-0.05, 0) is 0 Å². The molecular weight excluding hydrogens is 166 g/mol. The van der Waals surface area contributed by atoms with Crippen LogP contribution in [-0.4, -0.2) is 42.2 Å². The minimum absolute atomic E-state index is 0. The van der Waals surface area contributed by atoms with Crippen molar-refractivity contribution in [2.24, 2.45) is 0 Å². The summed E-state index contributed by atoms with van der Waals surface area (Å²) < 4.78 is 0.441. The Labute approximate surface area is 73.0 Å². The molecule has 3 nitrogen and oxygen atoms in total. The van der Waals surface area contributed by atoms with Crippen LogP contribution in [0.25, 0.3) is 0 Å². The second-order valence-electron chi connectivity index (χ2n) is 3.06. The Morgan fingerprint density at radius 1 is 1.64 bits per heavy atom. The molecule has 0 saturated carbocycles. The smallest absolute Gasteiger partial charge is 0.313 e. The first-order chi connectivity index (χ1) is 4.69. The number of hydrogen-bond acceptors (Lipinski definition) is 2. The molecule has 0 aromatic heterocycles. The van der Waals surface area contributed by atoms with Gasteiger partial charge in [-0.25, -0.2) is 4.79 Å². The van der Waals surface area contributed by atoms with Crippen molar-refractivity contribution in [3.05, 3.63) is 0 Å². The number of likely N-dealkylation sites (N-methyl/N-ethyl adjacent to an activating group) is 1. The third-order valence-corrected chi connectivity index (χ3v) is 2.24. The highest BCUT2D eigenvalue weighted by molar-refractivity contribution is 5.70. The number of rotatable bonds is 2. The highest BCUT2D eigenvalue weighted by atomic mass is 35.5. The molecule has 1 atom stereocenters. The number of nitrogens with zero attached hydrogens (tertiary/aromatic N) is 1. The van der Waals surface area contributed by atoms with E-state index in [2.05, 4.69) is 0 Å². The van der Waals surface area contributed by atoms with Crippen molar-refractivity contribution >= 4 is 5.91 Å². The minimum Gasteiger partial charge on any atom is -1.00 e. The van der Waals surface area contributed by atoms with E-state index in [1.165, 1.54) is 0 Å². The normalized spacial score (nSPS) is 30.2. The Hall–Kier alpha value is -0.120. The summed E-state index contributed by atoms with van der Waals surface area (Å²) in [6.45, 7) is 1.60. The number of quaternary nitrogens is 1. The van der Waals surface area contributed by atoms with Crippen LogP contribution in [0.1, 0.15) is 12.8 Å². The molecule has 0 aliphatic carbocycles. The van der Waals surface area contributed by atoms with Crippen molar-refractivity contribution in [3.63, 3.8) is 0 Å². The van der Waals surface area contributed by atoms with Gasteiger partial charge in [-0.2, -0.15) is 0 Å². The summed E-state index contributed by atoms with van der Waals surface area (Å²) in [6.07, 6.45) is 1.67. The van der Waals surface area contributed by atoms with Crippen molar-refractivity contribution in [1.82, 2.24) is 0 Å². The molecule has 0 radical (unpaired) electrons. The van der Waals surface area contributed by atoms with Gasteiger partial charge < -0.3 is 17.5 Å². The molecule has 1 rings (SSSR count). The van der Waals surface area contributed by atoms with Gasteiger partial charge in [0, 0.05) is 6.42 Å². The number of hydrogen-bond donors (Lipinski definition) is 1. The molecule has 1 unspecified atom stereocenters. The van der Waals surface area contributed by atoms with Gasteiger partial charge in [0.1, 0.15) is 6.54 Å². The van der Waals surface area contributed by atoms with E-state index in [1.54, 1.807) is 0 Å². The van der Waals surface area contributed by atoms with Gasteiger partial charge in [-0.15, -0.1) is 0 Å². The van der Waals surface area contributed by atoms with Crippen LogP contribution in [0.4, 0.5) is 0 Å². The first-order valence-electron chi connectivity index (χ1n) is 3.68. The maximum atomic E-state index is 11.1. The fraction of sp³-hybridized carbons (Fsp3) is 0.857. The van der Waals surface area contributed by atoms with E-state index in [-0.39, 0.29) is 24.9 Å². The zero-order chi connectivity index (χ0) is 7.61. The maximum Gasteiger partial charge on any atom is 0.313 e. The molecule has 1 aliphatic rings. The Bertz CT molecular complexity index is 151. The Balaban J connectivity index is 0.000001000. The number of likely N-dealkylation sites (tertiary alicyclic amines) is 1. The van der Waals surface area contributed by atoms with Crippen LogP contribution in [0.2, 0.25) is 0 Å². The van der Waals surface area contributed by atoms with Crippen LogP contribution in [0, 0.1) is 0 Å². The molecule has 0 bridgehead atoms. The Morgan fingerprint density at radius 3 is 2.64 bits per heavy atom. The number of aliphatic hydroxyl groups is 1. The summed E-state index contributed by atoms with van der Waals surface area (Å²) in [5, 5.41) is 8.64. The first-order valence-corrected chi connectivity index (χ1v) is 3.68. The summed E-state index contributed by atoms with van der Waals surface area (Å²) in [7, 11) is 1.89. The van der Waals surface area contributed by atoms with Gasteiger partial charge in [0.15, 0.2) is 0 Å². The molecule has 66 valence electrons. The van der Waals surface area contributed by atoms with Crippen LogP contribution >= 0.6 is 0 Å². The molecule has 0 aromatic carbocycles. The topological polar surface area (TPSA) is 37.3 Å². The number of aliphatic hydroxyl groups excluding tert-OH is 1. The zero-order valence-electron chi connectivity index (χ0n) is 6.72. The molecule has 11 heavy (non-hydrogen) atoms. The average molecular weight is 180 g/mol. The highest BCUT2D eigenvalue weighted by Gasteiger charge is 2.35. The van der Waals surface area contributed by atoms with E-state index in [0.717, 1.165) is 13.0 Å². The van der Waals surface area contributed by atoms with Crippen LogP contribution < -0.4 is 12.4 Å². The lowest BCUT2D eigenvalue weighted by atomic mass is 10.4. The van der Waals surface area contributed by atoms with Crippen molar-refractivity contribution in [2.45, 2.75) is 12.8 Å². The SMILES string of the molecule is C[N+]1(CCO)CCCC1=O.[Cl-]. The largest absolute Gasteiger partial charge is 1.00 e. The number of carbonyl (C=O) groups is 1. The van der Waals surface area contributed by atoms with Gasteiger partial charge in [-0.1, -0.05) is 0 Å². The van der Waals surface area contributed by atoms with Crippen molar-refractivity contribution in [1.29, 1.82) is 0 Å². The van der Waals surface area contributed by atoms with E-state index >= 15 is 0 Å². The third kappa shape index (κ3) is 2.15. The fourth-order valence-electron chi connectivity index (χ4n) is 1.43. The Morgan fingerprint density at radius 2 is 2.27 bits per heavy atom. The van der Waals surface area contributed by atoms with Crippen LogP contribution in [-0.2, 0) is 4.79 Å². The highest BCUT2D eigenvalue weighted by Crippen LogP contribution is 2.16. The molecule has 1 fully saturated rings. The van der Waals surface area contributed by atoms with Crippen LogP contribution in [0.3, 0.4) is 0 Å². The zero-order valence-corrected chi connectivity index (χ0v) is 7.47. The van der Waals surface area contributed by atoms with Crippen molar-refractivity contribution in [3.8, 4) is 0 Å². The molecule has 1 N–H and O–H groups in total. The van der Waals surface area contributed by atoms with Crippen LogP contribution in [0.15, 0.2) is 0 Å². The minimum atomic E-state index is 0. The van der Waals surface area contributed by atoms with E-state index < -0.39 is 0 Å². The standard InChI is InChI=1S/C7H14NO2.ClH/c1-8(5-6-9)4-2-3-7(8)10;/h9H,2-6H2,1H3;1H/q+1;/p-1. The lowest BCUT2D eigenvalue weighted by Crippen LogP contribution is -3.00. The summed E-state index contributed by atoms with van der Waals surface area (Å²) in [6, 6.07) is 0. The monoisotopic (exact) mass is 179 g/mol. The van der Waals surface area contributed by atoms with Gasteiger partial charge >= 0.3 is 5.91 Å². The van der Waals surface area contributed by atoms with Gasteiger partial charge in [0.05, 0.1) is 26.6 Å². The molecule has 0 aromatic rings. The first kappa shape index (κ1) is 10.9. The second kappa shape index (κ2) is 4.04. The number of amides is 1. The van der Waals surface area contributed by atoms with Crippen molar-refractivity contribution < 1.29 is 26.8 Å². The lowest BCUT2D eigenvalue weighted by Gasteiger charge is -2.24. The molecule has 0 spiro atoms. The molecule has 1 heterocycles. The van der Waals surface area contributed by atoms with E-state index in [9.17, 15) is 4.79 Å².